The molecule has 102 valence electrons. The maximum atomic E-state index is 11.3. The number of esters is 1. The minimum Gasteiger partial charge on any atom is -0.508 e. The molecule has 0 aromatic heterocycles. The van der Waals surface area contributed by atoms with Gasteiger partial charge in [0, 0.05) is 6.08 Å². The molecule has 20 heavy (non-hydrogen) atoms. The van der Waals surface area contributed by atoms with Crippen LogP contribution in [0, 0.1) is 13.8 Å². The molecule has 0 radical (unpaired) electrons. The van der Waals surface area contributed by atoms with Crippen molar-refractivity contribution in [1.29, 1.82) is 0 Å². The van der Waals surface area contributed by atoms with Crippen LogP contribution in [0.25, 0.3) is 11.1 Å². The van der Waals surface area contributed by atoms with E-state index in [1.54, 1.807) is 12.1 Å². The predicted molar refractivity (Wildman–Crippen MR) is 78.8 cm³/mol. The highest BCUT2D eigenvalue weighted by molar-refractivity contribution is 5.84. The Morgan fingerprint density at radius 1 is 1.10 bits per heavy atom. The van der Waals surface area contributed by atoms with Gasteiger partial charge in [-0.05, 0) is 48.2 Å². The summed E-state index contributed by atoms with van der Waals surface area (Å²) in [5.41, 5.74) is 3.42. The molecule has 2 aromatic carbocycles. The number of phenolic OH excluding ortho intramolecular Hbond substituents is 1. The van der Waals surface area contributed by atoms with Crippen molar-refractivity contribution in [3.8, 4) is 22.6 Å². The predicted octanol–water partition coefficient (Wildman–Crippen LogP) is 3.77. The van der Waals surface area contributed by atoms with Crippen LogP contribution in [0.5, 0.6) is 11.5 Å². The van der Waals surface area contributed by atoms with Crippen LogP contribution in [0.4, 0.5) is 0 Å². The van der Waals surface area contributed by atoms with Gasteiger partial charge in [-0.1, -0.05) is 30.8 Å². The van der Waals surface area contributed by atoms with E-state index in [1.165, 1.54) is 0 Å². The van der Waals surface area contributed by atoms with Crippen molar-refractivity contribution >= 4 is 5.97 Å². The maximum absolute atomic E-state index is 11.3. The number of hydrogen-bond acceptors (Lipinski definition) is 3. The van der Waals surface area contributed by atoms with Gasteiger partial charge in [0.05, 0.1) is 0 Å². The molecule has 0 bridgehead atoms. The zero-order chi connectivity index (χ0) is 14.7. The number of ether oxygens (including phenoxy) is 1. The number of carbonyl (C=O) groups excluding carboxylic acids is 1. The van der Waals surface area contributed by atoms with Crippen LogP contribution >= 0.6 is 0 Å². The molecule has 0 heterocycles. The van der Waals surface area contributed by atoms with Crippen LogP contribution in [0.2, 0.25) is 0 Å². The number of rotatable bonds is 3. The lowest BCUT2D eigenvalue weighted by Gasteiger charge is -2.09. The van der Waals surface area contributed by atoms with E-state index >= 15 is 0 Å². The van der Waals surface area contributed by atoms with Gasteiger partial charge in [0.15, 0.2) is 0 Å². The van der Waals surface area contributed by atoms with E-state index in [-0.39, 0.29) is 5.75 Å². The normalized spacial score (nSPS) is 10.1. The number of aryl methyl sites for hydroxylation is 2. The SMILES string of the molecule is C=CC(=O)Oc1cc(-c2ccc(C)c(O)c2)ccc1C. The Balaban J connectivity index is 2.42. The fourth-order valence-electron chi connectivity index (χ4n) is 1.83. The van der Waals surface area contributed by atoms with Crippen molar-refractivity contribution in [2.45, 2.75) is 13.8 Å². The molecule has 2 aromatic rings. The van der Waals surface area contributed by atoms with Crippen LogP contribution in [-0.2, 0) is 4.79 Å². The minimum atomic E-state index is -0.489. The summed E-state index contributed by atoms with van der Waals surface area (Å²) in [7, 11) is 0. The topological polar surface area (TPSA) is 46.5 Å². The molecule has 3 nitrogen and oxygen atoms in total. The largest absolute Gasteiger partial charge is 0.508 e. The van der Waals surface area contributed by atoms with E-state index in [9.17, 15) is 9.90 Å². The fraction of sp³-hybridized carbons (Fsp3) is 0.118. The highest BCUT2D eigenvalue weighted by Gasteiger charge is 2.08. The number of phenols is 1. The Morgan fingerprint density at radius 2 is 1.70 bits per heavy atom. The van der Waals surface area contributed by atoms with Crippen molar-refractivity contribution in [2.75, 3.05) is 0 Å². The molecule has 0 saturated heterocycles. The number of carbonyl (C=O) groups is 1. The highest BCUT2D eigenvalue weighted by atomic mass is 16.5. The second kappa shape index (κ2) is 5.61. The summed E-state index contributed by atoms with van der Waals surface area (Å²) in [5.74, 6) is 0.247. The molecule has 0 amide bonds. The zero-order valence-corrected chi connectivity index (χ0v) is 11.5. The van der Waals surface area contributed by atoms with Gasteiger partial charge >= 0.3 is 5.97 Å². The molecule has 3 heteroatoms. The van der Waals surface area contributed by atoms with E-state index in [0.717, 1.165) is 28.3 Å². The van der Waals surface area contributed by atoms with Crippen molar-refractivity contribution in [2.24, 2.45) is 0 Å². The third-order valence-corrected chi connectivity index (χ3v) is 3.11. The van der Waals surface area contributed by atoms with E-state index in [4.69, 9.17) is 4.74 Å². The molecule has 0 aliphatic carbocycles. The molecule has 0 fully saturated rings. The first-order valence-corrected chi connectivity index (χ1v) is 6.26. The Hall–Kier alpha value is -2.55. The van der Waals surface area contributed by atoms with Crippen LogP contribution in [0.3, 0.4) is 0 Å². The molecule has 0 atom stereocenters. The third kappa shape index (κ3) is 2.88. The Labute approximate surface area is 118 Å². The maximum Gasteiger partial charge on any atom is 0.335 e. The Bertz CT molecular complexity index is 672. The van der Waals surface area contributed by atoms with Gasteiger partial charge in [-0.15, -0.1) is 0 Å². The highest BCUT2D eigenvalue weighted by Crippen LogP contribution is 2.30. The molecular formula is C17H16O3. The van der Waals surface area contributed by atoms with Gasteiger partial charge in [0.25, 0.3) is 0 Å². The summed E-state index contributed by atoms with van der Waals surface area (Å²) in [6.45, 7) is 7.08. The monoisotopic (exact) mass is 268 g/mol. The molecule has 2 rings (SSSR count). The van der Waals surface area contributed by atoms with Gasteiger partial charge in [0.1, 0.15) is 11.5 Å². The van der Waals surface area contributed by atoms with Crippen LogP contribution in [0.1, 0.15) is 11.1 Å². The van der Waals surface area contributed by atoms with E-state index in [0.29, 0.717) is 5.75 Å². The molecule has 0 aliphatic rings. The second-order valence-corrected chi connectivity index (χ2v) is 4.61. The molecule has 0 unspecified atom stereocenters. The Kier molecular flexibility index (Phi) is 3.89. The summed E-state index contributed by atoms with van der Waals surface area (Å²) in [4.78, 5) is 11.3. The minimum absolute atomic E-state index is 0.243. The summed E-state index contributed by atoms with van der Waals surface area (Å²) >= 11 is 0. The lowest BCUT2D eigenvalue weighted by molar-refractivity contribution is -0.129. The molecule has 1 N–H and O–H groups in total. The smallest absolute Gasteiger partial charge is 0.335 e. The number of benzene rings is 2. The third-order valence-electron chi connectivity index (χ3n) is 3.11. The lowest BCUT2D eigenvalue weighted by atomic mass is 10.0. The Morgan fingerprint density at radius 3 is 2.30 bits per heavy atom. The van der Waals surface area contributed by atoms with Crippen molar-refractivity contribution in [1.82, 2.24) is 0 Å². The van der Waals surface area contributed by atoms with Crippen molar-refractivity contribution in [3.05, 3.63) is 60.2 Å². The van der Waals surface area contributed by atoms with Gasteiger partial charge in [0.2, 0.25) is 0 Å². The molecular weight excluding hydrogens is 252 g/mol. The molecule has 0 saturated carbocycles. The molecule has 0 aliphatic heterocycles. The van der Waals surface area contributed by atoms with Gasteiger partial charge in [-0.2, -0.15) is 0 Å². The molecule has 0 spiro atoms. The summed E-state index contributed by atoms with van der Waals surface area (Å²) < 4.78 is 5.19. The van der Waals surface area contributed by atoms with Crippen LogP contribution < -0.4 is 4.74 Å². The van der Waals surface area contributed by atoms with Crippen LogP contribution in [0.15, 0.2) is 49.1 Å². The average molecular weight is 268 g/mol. The van der Waals surface area contributed by atoms with E-state index < -0.39 is 5.97 Å². The summed E-state index contributed by atoms with van der Waals surface area (Å²) in [6, 6.07) is 11.0. The standard InChI is InChI=1S/C17H16O3/c1-4-17(19)20-16-10-14(8-6-12(16)3)13-7-5-11(2)15(18)9-13/h4-10,18H,1H2,2-3H3. The van der Waals surface area contributed by atoms with Crippen molar-refractivity contribution < 1.29 is 14.6 Å². The summed E-state index contributed by atoms with van der Waals surface area (Å²) in [6.07, 6.45) is 1.13. The van der Waals surface area contributed by atoms with Crippen LogP contribution in [-0.4, -0.2) is 11.1 Å². The van der Waals surface area contributed by atoms with Crippen molar-refractivity contribution in [3.63, 3.8) is 0 Å². The van der Waals surface area contributed by atoms with Gasteiger partial charge in [-0.25, -0.2) is 4.79 Å². The second-order valence-electron chi connectivity index (χ2n) is 4.61. The van der Waals surface area contributed by atoms with Gasteiger partial charge < -0.3 is 9.84 Å². The van der Waals surface area contributed by atoms with E-state index in [1.807, 2.05) is 38.1 Å². The first-order chi connectivity index (χ1) is 9.51. The quantitative estimate of drug-likeness (QED) is 0.523. The summed E-state index contributed by atoms with van der Waals surface area (Å²) in [5, 5.41) is 9.77. The first-order valence-electron chi connectivity index (χ1n) is 6.26. The first kappa shape index (κ1) is 13.9. The van der Waals surface area contributed by atoms with Gasteiger partial charge in [-0.3, -0.25) is 0 Å². The lowest BCUT2D eigenvalue weighted by Crippen LogP contribution is -2.04. The average Bonchev–Trinajstić information content (AvgIpc) is 2.44. The number of aromatic hydroxyl groups is 1. The number of hydrogen-bond donors (Lipinski definition) is 1. The zero-order valence-electron chi connectivity index (χ0n) is 11.5. The van der Waals surface area contributed by atoms with E-state index in [2.05, 4.69) is 6.58 Å². The fourth-order valence-corrected chi connectivity index (χ4v) is 1.83.